The number of nitrogens with zero attached hydrogens (tertiary/aromatic N) is 2. The van der Waals surface area contributed by atoms with Gasteiger partial charge in [0.05, 0.1) is 0 Å². The van der Waals surface area contributed by atoms with Gasteiger partial charge in [0.15, 0.2) is 0 Å². The van der Waals surface area contributed by atoms with Gasteiger partial charge in [-0.25, -0.2) is 4.98 Å². The first kappa shape index (κ1) is 12.5. The van der Waals surface area contributed by atoms with Crippen molar-refractivity contribution in [2.75, 3.05) is 5.32 Å². The van der Waals surface area contributed by atoms with Gasteiger partial charge in [0.2, 0.25) is 5.95 Å². The Bertz CT molecular complexity index is 311. The number of rotatable bonds is 5. The topological polar surface area (TPSA) is 29.9 Å². The molecule has 0 radical (unpaired) electrons. The second-order valence-corrected chi connectivity index (χ2v) is 5.13. The van der Waals surface area contributed by atoms with Crippen LogP contribution in [0.2, 0.25) is 0 Å². The fraction of sp³-hybridized carbons (Fsp3) is 0.786. The average molecular weight is 235 g/mol. The first-order chi connectivity index (χ1) is 8.40. The highest BCUT2D eigenvalue weighted by Gasteiger charge is 2.13. The van der Waals surface area contributed by atoms with Crippen molar-refractivity contribution in [2.24, 2.45) is 0 Å². The van der Waals surface area contributed by atoms with Crippen LogP contribution in [0.4, 0.5) is 5.95 Å². The third-order valence-electron chi connectivity index (χ3n) is 3.66. The molecule has 1 aromatic heterocycles. The zero-order valence-electron chi connectivity index (χ0n) is 11.0. The van der Waals surface area contributed by atoms with Crippen molar-refractivity contribution in [1.82, 2.24) is 9.55 Å². The van der Waals surface area contributed by atoms with Crippen LogP contribution in [0.5, 0.6) is 0 Å². The van der Waals surface area contributed by atoms with Crippen LogP contribution in [0.1, 0.15) is 58.3 Å². The molecule has 1 N–H and O–H groups in total. The molecule has 0 aliphatic heterocycles. The number of unbranched alkanes of at least 4 members (excludes halogenated alkanes) is 1. The molecule has 96 valence electrons. The minimum atomic E-state index is 0.639. The second kappa shape index (κ2) is 6.67. The molecule has 1 aromatic rings. The summed E-state index contributed by atoms with van der Waals surface area (Å²) in [5, 5.41) is 3.63. The number of nitrogens with one attached hydrogen (secondary N) is 1. The fourth-order valence-electron chi connectivity index (χ4n) is 2.56. The molecule has 0 atom stereocenters. The summed E-state index contributed by atoms with van der Waals surface area (Å²) in [6.07, 6.45) is 14.6. The molecular formula is C14H25N3. The van der Waals surface area contributed by atoms with E-state index in [1.165, 1.54) is 51.4 Å². The van der Waals surface area contributed by atoms with E-state index in [4.69, 9.17) is 0 Å². The van der Waals surface area contributed by atoms with E-state index in [2.05, 4.69) is 28.0 Å². The molecule has 0 spiro atoms. The summed E-state index contributed by atoms with van der Waals surface area (Å²) in [4.78, 5) is 4.45. The van der Waals surface area contributed by atoms with Gasteiger partial charge in [0.25, 0.3) is 0 Å². The van der Waals surface area contributed by atoms with Crippen LogP contribution >= 0.6 is 0 Å². The van der Waals surface area contributed by atoms with Gasteiger partial charge in [-0.1, -0.05) is 39.0 Å². The summed E-state index contributed by atoms with van der Waals surface area (Å²) in [5.74, 6) is 1.07. The highest BCUT2D eigenvalue weighted by molar-refractivity contribution is 5.27. The molecule has 3 nitrogen and oxygen atoms in total. The van der Waals surface area contributed by atoms with Crippen LogP contribution < -0.4 is 5.32 Å². The van der Waals surface area contributed by atoms with E-state index in [0.29, 0.717) is 6.04 Å². The largest absolute Gasteiger partial charge is 0.353 e. The zero-order chi connectivity index (χ0) is 11.9. The van der Waals surface area contributed by atoms with E-state index in [-0.39, 0.29) is 0 Å². The van der Waals surface area contributed by atoms with E-state index in [1.54, 1.807) is 0 Å². The Morgan fingerprint density at radius 1 is 1.29 bits per heavy atom. The Hall–Kier alpha value is -0.990. The summed E-state index contributed by atoms with van der Waals surface area (Å²) in [6.45, 7) is 3.32. The minimum Gasteiger partial charge on any atom is -0.353 e. The summed E-state index contributed by atoms with van der Waals surface area (Å²) in [5.41, 5.74) is 0. The molecule has 1 fully saturated rings. The first-order valence-corrected chi connectivity index (χ1v) is 7.18. The molecule has 1 aliphatic rings. The normalized spacial score (nSPS) is 17.9. The van der Waals surface area contributed by atoms with Crippen molar-refractivity contribution in [1.29, 1.82) is 0 Å². The van der Waals surface area contributed by atoms with Crippen molar-refractivity contribution >= 4 is 5.95 Å². The maximum atomic E-state index is 4.45. The van der Waals surface area contributed by atoms with E-state index >= 15 is 0 Å². The van der Waals surface area contributed by atoms with E-state index in [0.717, 1.165) is 12.5 Å². The van der Waals surface area contributed by atoms with E-state index in [1.807, 2.05) is 6.20 Å². The monoisotopic (exact) mass is 235 g/mol. The zero-order valence-corrected chi connectivity index (χ0v) is 11.0. The van der Waals surface area contributed by atoms with Gasteiger partial charge in [-0.05, 0) is 19.3 Å². The van der Waals surface area contributed by atoms with Gasteiger partial charge in [0.1, 0.15) is 0 Å². The minimum absolute atomic E-state index is 0.639. The molecule has 1 saturated carbocycles. The lowest BCUT2D eigenvalue weighted by atomic mass is 10.1. The number of aromatic nitrogens is 2. The van der Waals surface area contributed by atoms with Gasteiger partial charge in [-0.3, -0.25) is 0 Å². The quantitative estimate of drug-likeness (QED) is 0.786. The Kier molecular flexibility index (Phi) is 4.89. The average Bonchev–Trinajstić information content (AvgIpc) is 2.61. The number of hydrogen-bond donors (Lipinski definition) is 1. The predicted octanol–water partition coefficient (Wildman–Crippen LogP) is 3.82. The standard InChI is InChI=1S/C14H25N3/c1-2-3-11-17-12-10-15-14(17)16-13-8-6-4-5-7-9-13/h10,12-13H,2-9,11H2,1H3,(H,15,16). The van der Waals surface area contributed by atoms with Gasteiger partial charge in [-0.15, -0.1) is 0 Å². The Labute approximate surface area is 105 Å². The van der Waals surface area contributed by atoms with Crippen molar-refractivity contribution in [2.45, 2.75) is 70.9 Å². The van der Waals surface area contributed by atoms with Crippen molar-refractivity contribution in [3.63, 3.8) is 0 Å². The maximum Gasteiger partial charge on any atom is 0.202 e. The number of imidazole rings is 1. The number of anilines is 1. The van der Waals surface area contributed by atoms with Crippen molar-refractivity contribution in [3.8, 4) is 0 Å². The fourth-order valence-corrected chi connectivity index (χ4v) is 2.56. The molecule has 0 aromatic carbocycles. The highest BCUT2D eigenvalue weighted by atomic mass is 15.2. The molecule has 0 amide bonds. The van der Waals surface area contributed by atoms with Gasteiger partial charge in [0, 0.05) is 25.0 Å². The van der Waals surface area contributed by atoms with Crippen LogP contribution in [-0.2, 0) is 6.54 Å². The molecule has 0 unspecified atom stereocenters. The van der Waals surface area contributed by atoms with Crippen LogP contribution in [0, 0.1) is 0 Å². The highest BCUT2D eigenvalue weighted by Crippen LogP contribution is 2.20. The lowest BCUT2D eigenvalue weighted by molar-refractivity contribution is 0.591. The molecule has 0 bridgehead atoms. The van der Waals surface area contributed by atoms with Crippen LogP contribution in [0.15, 0.2) is 12.4 Å². The third kappa shape index (κ3) is 3.76. The van der Waals surface area contributed by atoms with Crippen molar-refractivity contribution < 1.29 is 0 Å². The summed E-state index contributed by atoms with van der Waals surface area (Å²) >= 11 is 0. The number of hydrogen-bond acceptors (Lipinski definition) is 2. The molecular weight excluding hydrogens is 210 g/mol. The van der Waals surface area contributed by atoms with E-state index in [9.17, 15) is 0 Å². The molecule has 17 heavy (non-hydrogen) atoms. The molecule has 1 heterocycles. The third-order valence-corrected chi connectivity index (χ3v) is 3.66. The molecule has 0 saturated heterocycles. The lowest BCUT2D eigenvalue weighted by Crippen LogP contribution is -2.21. The summed E-state index contributed by atoms with van der Waals surface area (Å²) in [7, 11) is 0. The second-order valence-electron chi connectivity index (χ2n) is 5.13. The van der Waals surface area contributed by atoms with Gasteiger partial charge < -0.3 is 9.88 Å². The van der Waals surface area contributed by atoms with Crippen LogP contribution in [0.3, 0.4) is 0 Å². The molecule has 1 aliphatic carbocycles. The SMILES string of the molecule is CCCCn1ccnc1NC1CCCCCC1. The Morgan fingerprint density at radius 2 is 2.06 bits per heavy atom. The Balaban J connectivity index is 1.90. The van der Waals surface area contributed by atoms with Crippen LogP contribution in [-0.4, -0.2) is 15.6 Å². The van der Waals surface area contributed by atoms with E-state index < -0.39 is 0 Å². The lowest BCUT2D eigenvalue weighted by Gasteiger charge is -2.18. The Morgan fingerprint density at radius 3 is 2.76 bits per heavy atom. The maximum absolute atomic E-state index is 4.45. The summed E-state index contributed by atoms with van der Waals surface area (Å²) < 4.78 is 2.26. The molecule has 3 heteroatoms. The smallest absolute Gasteiger partial charge is 0.202 e. The van der Waals surface area contributed by atoms with Crippen LogP contribution in [0.25, 0.3) is 0 Å². The number of aryl methyl sites for hydroxylation is 1. The molecule has 2 rings (SSSR count). The van der Waals surface area contributed by atoms with Gasteiger partial charge in [-0.2, -0.15) is 0 Å². The first-order valence-electron chi connectivity index (χ1n) is 7.18. The van der Waals surface area contributed by atoms with Gasteiger partial charge >= 0.3 is 0 Å². The summed E-state index contributed by atoms with van der Waals surface area (Å²) in [6, 6.07) is 0.639. The predicted molar refractivity (Wildman–Crippen MR) is 72.2 cm³/mol. The van der Waals surface area contributed by atoms with Crippen molar-refractivity contribution in [3.05, 3.63) is 12.4 Å².